The lowest BCUT2D eigenvalue weighted by molar-refractivity contribution is -0.115. The first-order valence-electron chi connectivity index (χ1n) is 9.82. The largest absolute Gasteiger partial charge is 0.392 e. The Morgan fingerprint density at radius 1 is 1.40 bits per heavy atom. The molecule has 0 aromatic carbocycles. The van der Waals surface area contributed by atoms with Gasteiger partial charge in [0.2, 0.25) is 0 Å². The van der Waals surface area contributed by atoms with Crippen LogP contribution in [0.4, 0.5) is 0 Å². The molecule has 4 aliphatic carbocycles. The van der Waals surface area contributed by atoms with Crippen molar-refractivity contribution < 1.29 is 9.90 Å². The molecule has 0 radical (unpaired) electrons. The van der Waals surface area contributed by atoms with Crippen LogP contribution in [0.1, 0.15) is 52.9 Å². The summed E-state index contributed by atoms with van der Waals surface area (Å²) in [5.74, 6) is 1.90. The second-order valence-electron chi connectivity index (χ2n) is 8.97. The summed E-state index contributed by atoms with van der Waals surface area (Å²) < 4.78 is 0. The maximum Gasteiger partial charge on any atom is 0.196 e. The van der Waals surface area contributed by atoms with E-state index in [1.54, 1.807) is 6.08 Å². The Bertz CT molecular complexity index is 690. The molecule has 4 rings (SSSR count). The average Bonchev–Trinajstić information content (AvgIpc) is 2.60. The van der Waals surface area contributed by atoms with Crippen LogP contribution in [0.3, 0.4) is 0 Å². The van der Waals surface area contributed by atoms with Gasteiger partial charge in [-0.2, -0.15) is 0 Å². The van der Waals surface area contributed by atoms with Gasteiger partial charge in [-0.25, -0.2) is 0 Å². The van der Waals surface area contributed by atoms with E-state index in [9.17, 15) is 9.90 Å². The van der Waals surface area contributed by atoms with Gasteiger partial charge in [-0.15, -0.1) is 0 Å². The molecule has 2 nitrogen and oxygen atoms in total. The summed E-state index contributed by atoms with van der Waals surface area (Å²) >= 11 is 6.47. The summed E-state index contributed by atoms with van der Waals surface area (Å²) in [4.78, 5) is 12.1. The predicted octanol–water partition coefficient (Wildman–Crippen LogP) is 5.02. The fourth-order valence-corrected chi connectivity index (χ4v) is 7.08. The zero-order valence-corrected chi connectivity index (χ0v) is 16.2. The normalized spacial score (nSPS) is 48.8. The van der Waals surface area contributed by atoms with Crippen molar-refractivity contribution in [2.75, 3.05) is 0 Å². The highest BCUT2D eigenvalue weighted by atomic mass is 35.5. The van der Waals surface area contributed by atoms with Crippen LogP contribution in [-0.2, 0) is 4.79 Å². The van der Waals surface area contributed by atoms with E-state index in [-0.39, 0.29) is 22.7 Å². The van der Waals surface area contributed by atoms with Crippen molar-refractivity contribution in [1.29, 1.82) is 0 Å². The molecule has 3 heteroatoms. The van der Waals surface area contributed by atoms with Crippen molar-refractivity contribution in [3.05, 3.63) is 34.9 Å². The van der Waals surface area contributed by atoms with Crippen molar-refractivity contribution >= 4 is 17.4 Å². The first-order chi connectivity index (χ1) is 11.8. The Kier molecular flexibility index (Phi) is 4.09. The highest BCUT2D eigenvalue weighted by Crippen LogP contribution is 2.65. The number of carbonyl (C=O) groups excluding carboxylic acids is 1. The van der Waals surface area contributed by atoms with Crippen molar-refractivity contribution in [3.8, 4) is 0 Å². The minimum Gasteiger partial charge on any atom is -0.392 e. The summed E-state index contributed by atoms with van der Waals surface area (Å²) in [6.45, 7) is 6.84. The van der Waals surface area contributed by atoms with Crippen LogP contribution in [0, 0.1) is 34.5 Å². The third kappa shape index (κ3) is 2.23. The van der Waals surface area contributed by atoms with Crippen molar-refractivity contribution in [2.24, 2.45) is 34.5 Å². The number of fused-ring (bicyclic) bond motifs is 5. The summed E-state index contributed by atoms with van der Waals surface area (Å²) in [5.41, 5.74) is 1.07. The van der Waals surface area contributed by atoms with Crippen molar-refractivity contribution in [1.82, 2.24) is 0 Å². The minimum atomic E-state index is -0.225. The molecule has 7 atom stereocenters. The summed E-state index contributed by atoms with van der Waals surface area (Å²) in [7, 11) is 0. The molecule has 25 heavy (non-hydrogen) atoms. The van der Waals surface area contributed by atoms with Gasteiger partial charge in [-0.05, 0) is 67.4 Å². The monoisotopic (exact) mass is 360 g/mol. The number of aliphatic hydroxyl groups excluding tert-OH is 1. The zero-order chi connectivity index (χ0) is 18.0. The lowest BCUT2D eigenvalue weighted by atomic mass is 9.43. The zero-order valence-electron chi connectivity index (χ0n) is 15.5. The van der Waals surface area contributed by atoms with Crippen LogP contribution in [0.25, 0.3) is 0 Å². The topological polar surface area (TPSA) is 37.3 Å². The number of rotatable bonds is 1. The number of carbonyl (C=O) groups is 1. The van der Waals surface area contributed by atoms with E-state index >= 15 is 0 Å². The second-order valence-corrected chi connectivity index (χ2v) is 9.35. The van der Waals surface area contributed by atoms with Crippen LogP contribution in [0.2, 0.25) is 0 Å². The molecule has 0 aromatic rings. The average molecular weight is 361 g/mol. The van der Waals surface area contributed by atoms with Gasteiger partial charge in [0.15, 0.2) is 5.78 Å². The summed E-state index contributed by atoms with van der Waals surface area (Å²) in [6.07, 6.45) is 13.1. The highest BCUT2D eigenvalue weighted by Gasteiger charge is 2.59. The van der Waals surface area contributed by atoms with Crippen molar-refractivity contribution in [3.63, 3.8) is 0 Å². The predicted molar refractivity (Wildman–Crippen MR) is 101 cm³/mol. The number of aliphatic hydroxyl groups is 1. The fraction of sp³-hybridized carbons (Fsp3) is 0.682. The van der Waals surface area contributed by atoms with E-state index in [2.05, 4.69) is 39.0 Å². The van der Waals surface area contributed by atoms with Gasteiger partial charge in [0.25, 0.3) is 0 Å². The highest BCUT2D eigenvalue weighted by molar-refractivity contribution is 6.45. The molecule has 0 aliphatic heterocycles. The standard InChI is InChI=1S/C22H29ClO2/c1-4-22-11-8-14-19(15(22)6-5-7-18(22)25)13(2)12-16-20(23)17(24)9-10-21(14,16)3/h5-6,9-10,13-15,18-19,25H,4,7-8,11-12H2,1-3H3/t13-,14+,15+,18+,19-,21-,22+/m1/s1. The quantitative estimate of drug-likeness (QED) is 0.666. The Balaban J connectivity index is 1.81. The molecule has 1 N–H and O–H groups in total. The van der Waals surface area contributed by atoms with Gasteiger partial charge in [0.1, 0.15) is 0 Å². The number of hydrogen-bond donors (Lipinski definition) is 1. The molecular weight excluding hydrogens is 332 g/mol. The van der Waals surface area contributed by atoms with Gasteiger partial charge in [0.05, 0.1) is 11.1 Å². The molecule has 0 aromatic heterocycles. The molecule has 2 fully saturated rings. The number of halogens is 1. The first-order valence-corrected chi connectivity index (χ1v) is 10.2. The third-order valence-corrected chi connectivity index (χ3v) is 8.57. The molecule has 0 unspecified atom stereocenters. The molecule has 0 amide bonds. The van der Waals surface area contributed by atoms with Gasteiger partial charge in [-0.1, -0.05) is 50.6 Å². The number of ketones is 1. The maximum absolute atomic E-state index is 12.1. The molecule has 136 valence electrons. The van der Waals surface area contributed by atoms with E-state index in [1.165, 1.54) is 0 Å². The van der Waals surface area contributed by atoms with E-state index in [0.29, 0.717) is 28.7 Å². The van der Waals surface area contributed by atoms with Gasteiger partial charge < -0.3 is 5.11 Å². The molecule has 0 bridgehead atoms. The second kappa shape index (κ2) is 5.82. The van der Waals surface area contributed by atoms with Crippen LogP contribution in [0.5, 0.6) is 0 Å². The number of hydrogen-bond acceptors (Lipinski definition) is 2. The molecule has 2 saturated carbocycles. The van der Waals surface area contributed by atoms with Crippen LogP contribution in [0.15, 0.2) is 34.9 Å². The van der Waals surface area contributed by atoms with E-state index in [1.807, 2.05) is 0 Å². The summed E-state index contributed by atoms with van der Waals surface area (Å²) in [5, 5.41) is 11.3. The lowest BCUT2D eigenvalue weighted by Crippen LogP contribution is -2.57. The number of allylic oxidation sites excluding steroid dienone is 5. The SMILES string of the molecule is CC[C@]12CC[C@H]3[C@@H]([C@H](C)CC4=C(Cl)C(=O)C=C[C@@]43C)[C@@H]1C=CC[C@@H]2O. The Morgan fingerprint density at radius 3 is 2.88 bits per heavy atom. The Morgan fingerprint density at radius 2 is 2.16 bits per heavy atom. The van der Waals surface area contributed by atoms with Crippen molar-refractivity contribution in [2.45, 2.75) is 59.0 Å². The maximum atomic E-state index is 12.1. The lowest BCUT2D eigenvalue weighted by Gasteiger charge is -2.61. The first kappa shape index (κ1) is 17.5. The van der Waals surface area contributed by atoms with E-state index in [0.717, 1.165) is 37.7 Å². The third-order valence-electron chi connectivity index (χ3n) is 8.15. The van der Waals surface area contributed by atoms with Crippen LogP contribution < -0.4 is 0 Å². The van der Waals surface area contributed by atoms with Gasteiger partial charge >= 0.3 is 0 Å². The Hall–Kier alpha value is -0.860. The molecule has 0 spiro atoms. The molecule has 0 heterocycles. The molecular formula is C22H29ClO2. The molecule has 0 saturated heterocycles. The molecule has 4 aliphatic rings. The fourth-order valence-electron chi connectivity index (χ4n) is 6.74. The smallest absolute Gasteiger partial charge is 0.196 e. The summed E-state index contributed by atoms with van der Waals surface area (Å²) in [6, 6.07) is 0. The van der Waals surface area contributed by atoms with Gasteiger partial charge in [-0.3, -0.25) is 4.79 Å². The van der Waals surface area contributed by atoms with Gasteiger partial charge in [0, 0.05) is 10.8 Å². The van der Waals surface area contributed by atoms with Crippen LogP contribution in [-0.4, -0.2) is 17.0 Å². The van der Waals surface area contributed by atoms with E-state index < -0.39 is 0 Å². The van der Waals surface area contributed by atoms with Crippen LogP contribution >= 0.6 is 11.6 Å². The minimum absolute atomic E-state index is 0.0275. The van der Waals surface area contributed by atoms with E-state index in [4.69, 9.17) is 11.6 Å². The Labute approximate surface area is 156 Å².